The summed E-state index contributed by atoms with van der Waals surface area (Å²) < 4.78 is 32.1. The number of imide groups is 1. The number of aryl methyl sites for hydroxylation is 1. The van der Waals surface area contributed by atoms with Crippen LogP contribution in [0.25, 0.3) is 16.7 Å². The first kappa shape index (κ1) is 40.8. The fourth-order valence-corrected chi connectivity index (χ4v) is 8.80. The average molecular weight is 825 g/mol. The van der Waals surface area contributed by atoms with E-state index in [9.17, 15) is 28.0 Å². The molecule has 3 amide bonds. The smallest absolute Gasteiger partial charge is 0.329 e. The number of anilines is 1. The van der Waals surface area contributed by atoms with E-state index in [2.05, 4.69) is 52.2 Å². The van der Waals surface area contributed by atoms with E-state index in [1.54, 1.807) is 19.3 Å². The maximum atomic E-state index is 13.8. The first-order valence-corrected chi connectivity index (χ1v) is 20.7. The van der Waals surface area contributed by atoms with Crippen molar-refractivity contribution in [2.75, 3.05) is 57.3 Å². The van der Waals surface area contributed by atoms with Crippen LogP contribution in [0, 0.1) is 17.8 Å². The molecule has 16 nitrogen and oxygen atoms in total. The van der Waals surface area contributed by atoms with Crippen molar-refractivity contribution in [2.24, 2.45) is 23.7 Å². The zero-order valence-corrected chi connectivity index (χ0v) is 33.7. The number of allylic oxidation sites excluding steroid dienone is 2. The van der Waals surface area contributed by atoms with Crippen LogP contribution in [0.5, 0.6) is 0 Å². The lowest BCUT2D eigenvalue weighted by molar-refractivity contribution is -0.135. The van der Waals surface area contributed by atoms with Crippen molar-refractivity contribution in [2.45, 2.75) is 69.9 Å². The second-order valence-electron chi connectivity index (χ2n) is 16.1. The number of halogens is 2. The maximum absolute atomic E-state index is 13.8. The number of hydrogen-bond donors (Lipinski definition) is 3. The molecule has 6 heterocycles. The number of hydrogen-bond acceptors (Lipinski definition) is 11. The molecule has 18 heteroatoms. The Balaban J connectivity index is 0.815. The minimum absolute atomic E-state index is 0.0695. The number of amides is 3. The summed E-state index contributed by atoms with van der Waals surface area (Å²) in [6.45, 7) is 6.90. The lowest BCUT2D eigenvalue weighted by atomic mass is 9.86. The molecule has 1 aromatic carbocycles. The summed E-state index contributed by atoms with van der Waals surface area (Å²) in [5, 5.41) is 9.13. The molecule has 1 unspecified atom stereocenters. The highest BCUT2D eigenvalue weighted by Gasteiger charge is 2.32. The number of benzene rings is 1. The third-order valence-corrected chi connectivity index (χ3v) is 12.2. The van der Waals surface area contributed by atoms with Gasteiger partial charge in [-0.1, -0.05) is 17.9 Å². The number of fused-ring (bicyclic) bond motifs is 2. The number of nitrogens with two attached hydrogens (primary N) is 1. The van der Waals surface area contributed by atoms with Crippen molar-refractivity contribution >= 4 is 46.4 Å². The summed E-state index contributed by atoms with van der Waals surface area (Å²) in [5.41, 5.74) is 6.96. The molecular weight excluding hydrogens is 775 g/mol. The third kappa shape index (κ3) is 8.68. The Bertz CT molecular complexity index is 2460. The normalized spacial score (nSPS) is 22.4. The van der Waals surface area contributed by atoms with Crippen LogP contribution in [0.3, 0.4) is 0 Å². The molecule has 3 aliphatic heterocycles. The largest absolute Gasteiger partial charge is 0.396 e. The number of carbonyl (C=O) groups is 3. The van der Waals surface area contributed by atoms with Crippen LogP contribution in [-0.4, -0.2) is 122 Å². The summed E-state index contributed by atoms with van der Waals surface area (Å²) in [7, 11) is 1.67. The van der Waals surface area contributed by atoms with Gasteiger partial charge in [0.2, 0.25) is 11.8 Å². The molecule has 316 valence electrons. The summed E-state index contributed by atoms with van der Waals surface area (Å²) in [5.74, 6) is 6.36. The minimum Gasteiger partial charge on any atom is -0.396 e. The van der Waals surface area contributed by atoms with Gasteiger partial charge in [0, 0.05) is 71.7 Å². The Kier molecular flexibility index (Phi) is 12.1. The van der Waals surface area contributed by atoms with Gasteiger partial charge in [-0.3, -0.25) is 38.7 Å². The summed E-state index contributed by atoms with van der Waals surface area (Å²) in [6.07, 6.45) is 7.52. The predicted octanol–water partition coefficient (Wildman–Crippen LogP) is 2.42. The molecular formula is C42H50F2N12O4. The van der Waals surface area contributed by atoms with Crippen LogP contribution >= 0.6 is 0 Å². The van der Waals surface area contributed by atoms with Crippen molar-refractivity contribution in [1.82, 2.24) is 44.2 Å². The van der Waals surface area contributed by atoms with Crippen LogP contribution in [0.4, 0.5) is 14.6 Å². The van der Waals surface area contributed by atoms with Gasteiger partial charge in [0.05, 0.1) is 41.1 Å². The Morgan fingerprint density at radius 2 is 1.78 bits per heavy atom. The molecule has 0 spiro atoms. The molecule has 1 atom stereocenters. The van der Waals surface area contributed by atoms with Gasteiger partial charge in [0.25, 0.3) is 12.3 Å². The van der Waals surface area contributed by atoms with E-state index >= 15 is 0 Å². The molecule has 4 fully saturated rings. The summed E-state index contributed by atoms with van der Waals surface area (Å²) >= 11 is 0. The second kappa shape index (κ2) is 17.7. The van der Waals surface area contributed by atoms with Crippen LogP contribution in [0.1, 0.15) is 73.3 Å². The quantitative estimate of drug-likeness (QED) is 0.122. The number of rotatable bonds is 10. The first-order chi connectivity index (χ1) is 29.0. The molecule has 3 aromatic heterocycles. The number of nitrogens with one attached hydrogen (secondary N) is 2. The van der Waals surface area contributed by atoms with E-state index in [-0.39, 0.29) is 41.7 Å². The number of carbonyl (C=O) groups excluding carboxylic acids is 3. The van der Waals surface area contributed by atoms with Crippen LogP contribution in [0.2, 0.25) is 0 Å². The number of alkyl halides is 2. The molecule has 0 radical (unpaired) electrons. The van der Waals surface area contributed by atoms with Crippen LogP contribution in [-0.2, 0) is 16.6 Å². The van der Waals surface area contributed by atoms with Crippen molar-refractivity contribution in [1.29, 1.82) is 0 Å². The van der Waals surface area contributed by atoms with Crippen molar-refractivity contribution in [3.63, 3.8) is 0 Å². The number of piperazine rings is 1. The molecule has 0 bridgehead atoms. The topological polar surface area (TPSA) is 180 Å². The lowest BCUT2D eigenvalue weighted by Gasteiger charge is -2.37. The van der Waals surface area contributed by atoms with Gasteiger partial charge >= 0.3 is 5.69 Å². The maximum Gasteiger partial charge on any atom is 0.329 e. The van der Waals surface area contributed by atoms with Gasteiger partial charge in [-0.05, 0) is 69.1 Å². The Morgan fingerprint density at radius 3 is 2.52 bits per heavy atom. The molecule has 4 aliphatic rings. The van der Waals surface area contributed by atoms with Crippen molar-refractivity contribution in [3.8, 4) is 11.8 Å². The Morgan fingerprint density at radius 1 is 1.03 bits per heavy atom. The molecule has 60 heavy (non-hydrogen) atoms. The highest BCUT2D eigenvalue weighted by molar-refractivity contribution is 6.03. The van der Waals surface area contributed by atoms with E-state index in [1.807, 2.05) is 18.2 Å². The minimum atomic E-state index is -2.97. The molecule has 3 saturated heterocycles. The fourth-order valence-electron chi connectivity index (χ4n) is 8.80. The Hall–Kier alpha value is -5.93. The number of piperidine rings is 1. The number of imidazole rings is 1. The van der Waals surface area contributed by atoms with Gasteiger partial charge < -0.3 is 20.9 Å². The molecule has 4 N–H and O–H groups in total. The molecule has 1 saturated carbocycles. The number of nitrogens with zero attached hydrogens (tertiary/aromatic N) is 9. The van der Waals surface area contributed by atoms with E-state index in [4.69, 9.17) is 5.73 Å². The van der Waals surface area contributed by atoms with E-state index in [1.165, 1.54) is 26.1 Å². The standard InChI is InChI=1S/C42H50F2N12O4/c1-51-37-28(6-4-8-32(37)56(42(51)60)33-13-14-35(57)50-41(33)59)7-5-16-52-20-22-53(23-21-52)26-27-9-11-29(12-10-27)46-25-31(36(45)38(43)44)48-40(58)30-24-47-55-19-15-34(49-39(30)55)54-17-2-3-18-54/h4,6,8,15,19,24-25,27,29,33,38H,2-3,9-14,16-18,20-23,26,45H2,1H3,(H,48,58)(H,50,57,59)/b36-31+,46-25?. The SMILES string of the molecule is Cn1c(=O)n(C2CCC(=O)NC2=O)c2cccc(C#CCN3CCN(CC4CCC(N=C/C(NC(=O)c5cnn6ccc(N7CCCC7)nc56)=C(\N)C(F)F)CC4)CC3)c21. The van der Waals surface area contributed by atoms with Crippen molar-refractivity contribution in [3.05, 3.63) is 69.7 Å². The molecule has 8 rings (SSSR count). The number of aliphatic imine (C=N–C) groups is 1. The first-order valence-electron chi connectivity index (χ1n) is 20.7. The third-order valence-electron chi connectivity index (χ3n) is 12.2. The zero-order valence-electron chi connectivity index (χ0n) is 33.7. The lowest BCUT2D eigenvalue weighted by Crippen LogP contribution is -2.48. The van der Waals surface area contributed by atoms with Gasteiger partial charge in [-0.15, -0.1) is 0 Å². The van der Waals surface area contributed by atoms with E-state index < -0.39 is 30.0 Å². The van der Waals surface area contributed by atoms with Gasteiger partial charge in [0.15, 0.2) is 5.65 Å². The summed E-state index contributed by atoms with van der Waals surface area (Å²) in [4.78, 5) is 67.1. The highest BCUT2D eigenvalue weighted by Crippen LogP contribution is 2.28. The molecule has 1 aliphatic carbocycles. The van der Waals surface area contributed by atoms with Crippen LogP contribution < -0.4 is 27.0 Å². The van der Waals surface area contributed by atoms with Crippen LogP contribution in [0.15, 0.2) is 57.8 Å². The fraction of sp³-hybridized carbons (Fsp3) is 0.500. The van der Waals surface area contributed by atoms with Crippen molar-refractivity contribution < 1.29 is 23.2 Å². The van der Waals surface area contributed by atoms with E-state index in [0.717, 1.165) is 90.2 Å². The Labute approximate surface area is 345 Å². The number of aromatic nitrogens is 5. The second-order valence-corrected chi connectivity index (χ2v) is 16.1. The predicted molar refractivity (Wildman–Crippen MR) is 222 cm³/mol. The average Bonchev–Trinajstić information content (AvgIpc) is 4.00. The van der Waals surface area contributed by atoms with Gasteiger partial charge in [-0.2, -0.15) is 5.10 Å². The van der Waals surface area contributed by atoms with Gasteiger partial charge in [-0.25, -0.2) is 23.1 Å². The monoisotopic (exact) mass is 824 g/mol. The van der Waals surface area contributed by atoms with Gasteiger partial charge in [0.1, 0.15) is 23.1 Å². The zero-order chi connectivity index (χ0) is 41.9. The summed E-state index contributed by atoms with van der Waals surface area (Å²) in [6, 6.07) is 6.54. The molecule has 4 aromatic rings. The highest BCUT2D eigenvalue weighted by atomic mass is 19.3. The number of para-hydroxylation sites is 1. The van der Waals surface area contributed by atoms with E-state index in [0.29, 0.717) is 34.7 Å².